The molecule has 2 N–H and O–H groups in total. The van der Waals surface area contributed by atoms with E-state index in [0.717, 1.165) is 37.4 Å². The van der Waals surface area contributed by atoms with Gasteiger partial charge in [-0.15, -0.1) is 0 Å². The summed E-state index contributed by atoms with van der Waals surface area (Å²) in [6.07, 6.45) is 2.09. The molecule has 1 aliphatic rings. The van der Waals surface area contributed by atoms with Crippen molar-refractivity contribution in [1.29, 1.82) is 0 Å². The van der Waals surface area contributed by atoms with E-state index >= 15 is 0 Å². The van der Waals surface area contributed by atoms with Gasteiger partial charge in [0.2, 0.25) is 5.28 Å². The van der Waals surface area contributed by atoms with Crippen LogP contribution < -0.4 is 10.6 Å². The van der Waals surface area contributed by atoms with Crippen LogP contribution in [0.1, 0.15) is 25.5 Å². The van der Waals surface area contributed by atoms with Crippen molar-refractivity contribution in [1.82, 2.24) is 9.97 Å². The molecule has 5 nitrogen and oxygen atoms in total. The third-order valence-electron chi connectivity index (χ3n) is 3.54. The average molecular weight is 271 g/mol. The van der Waals surface area contributed by atoms with E-state index in [1.807, 2.05) is 6.92 Å². The first-order chi connectivity index (χ1) is 8.45. The lowest BCUT2D eigenvalue weighted by Crippen LogP contribution is -2.48. The number of hydrogen-bond acceptors (Lipinski definition) is 5. The second kappa shape index (κ2) is 4.90. The van der Waals surface area contributed by atoms with Crippen LogP contribution in [0.15, 0.2) is 0 Å². The summed E-state index contributed by atoms with van der Waals surface area (Å²) in [5.74, 6) is 0.718. The largest absolute Gasteiger partial charge is 0.394 e. The summed E-state index contributed by atoms with van der Waals surface area (Å²) >= 11 is 5.91. The number of piperidine rings is 1. The van der Waals surface area contributed by atoms with E-state index in [2.05, 4.69) is 21.8 Å². The molecule has 1 aromatic heterocycles. The molecular weight excluding hydrogens is 252 g/mol. The molecule has 0 spiro atoms. The maximum absolute atomic E-state index is 6.05. The molecule has 0 aromatic carbocycles. The first-order valence-corrected chi connectivity index (χ1v) is 6.43. The molecule has 100 valence electrons. The summed E-state index contributed by atoms with van der Waals surface area (Å²) in [5, 5.41) is 0.237. The zero-order chi connectivity index (χ0) is 13.3. The van der Waals surface area contributed by atoms with Crippen molar-refractivity contribution < 1.29 is 4.74 Å². The van der Waals surface area contributed by atoms with E-state index < -0.39 is 0 Å². The van der Waals surface area contributed by atoms with Gasteiger partial charge in [-0.2, -0.15) is 4.98 Å². The maximum atomic E-state index is 6.05. The number of aryl methyl sites for hydroxylation is 1. The number of ether oxygens (including phenoxy) is 1. The Balaban J connectivity index is 2.31. The van der Waals surface area contributed by atoms with E-state index in [1.54, 1.807) is 7.11 Å². The number of rotatable bonds is 2. The third kappa shape index (κ3) is 2.52. The molecule has 0 radical (unpaired) electrons. The minimum atomic E-state index is -0.157. The second-order valence-electron chi connectivity index (χ2n) is 4.99. The van der Waals surface area contributed by atoms with Gasteiger partial charge in [0, 0.05) is 20.2 Å². The molecule has 2 rings (SSSR count). The van der Waals surface area contributed by atoms with Gasteiger partial charge >= 0.3 is 0 Å². The van der Waals surface area contributed by atoms with Crippen LogP contribution in [0.4, 0.5) is 11.5 Å². The number of methoxy groups -OCH3 is 1. The standard InChI is InChI=1S/C12H19ClN4O/c1-8-9(14)10(16-11(13)15-8)17-6-4-5-12(2,7-17)18-3/h4-7,14H2,1-3H3. The van der Waals surface area contributed by atoms with Gasteiger partial charge < -0.3 is 15.4 Å². The van der Waals surface area contributed by atoms with E-state index in [4.69, 9.17) is 22.1 Å². The summed E-state index contributed by atoms with van der Waals surface area (Å²) in [6, 6.07) is 0. The van der Waals surface area contributed by atoms with Crippen molar-refractivity contribution in [3.63, 3.8) is 0 Å². The molecule has 1 atom stereocenters. The molecule has 0 aliphatic carbocycles. The van der Waals surface area contributed by atoms with Gasteiger partial charge in [-0.3, -0.25) is 0 Å². The zero-order valence-electron chi connectivity index (χ0n) is 11.0. The highest BCUT2D eigenvalue weighted by Gasteiger charge is 2.32. The molecule has 6 heteroatoms. The molecule has 18 heavy (non-hydrogen) atoms. The first kappa shape index (κ1) is 13.4. The Morgan fingerprint density at radius 1 is 1.44 bits per heavy atom. The van der Waals surface area contributed by atoms with Gasteiger partial charge in [0.1, 0.15) is 0 Å². The fraction of sp³-hybridized carbons (Fsp3) is 0.667. The molecule has 0 amide bonds. The normalized spacial score (nSPS) is 24.3. The lowest BCUT2D eigenvalue weighted by atomic mass is 9.94. The minimum absolute atomic E-state index is 0.157. The van der Waals surface area contributed by atoms with Crippen LogP contribution in [0.5, 0.6) is 0 Å². The fourth-order valence-corrected chi connectivity index (χ4v) is 2.53. The Morgan fingerprint density at radius 2 is 2.17 bits per heavy atom. The molecule has 2 heterocycles. The van der Waals surface area contributed by atoms with Crippen LogP contribution in [-0.4, -0.2) is 35.8 Å². The summed E-state index contributed by atoms with van der Waals surface area (Å²) in [5.41, 5.74) is 7.20. The topological polar surface area (TPSA) is 64.3 Å². The van der Waals surface area contributed by atoms with Gasteiger partial charge in [0.15, 0.2) is 5.82 Å². The Kier molecular flexibility index (Phi) is 3.64. The number of nitrogens with two attached hydrogens (primary N) is 1. The number of hydrogen-bond donors (Lipinski definition) is 1. The van der Waals surface area contributed by atoms with E-state index in [0.29, 0.717) is 5.69 Å². The smallest absolute Gasteiger partial charge is 0.224 e. The number of nitrogens with zero attached hydrogens (tertiary/aromatic N) is 3. The molecular formula is C12H19ClN4O. The summed E-state index contributed by atoms with van der Waals surface area (Å²) < 4.78 is 5.57. The van der Waals surface area contributed by atoms with Gasteiger partial charge in [-0.25, -0.2) is 4.98 Å². The molecule has 1 aromatic rings. The Labute approximate surface area is 112 Å². The molecule has 0 saturated carbocycles. The highest BCUT2D eigenvalue weighted by atomic mass is 35.5. The Hall–Kier alpha value is -1.07. The molecule has 1 saturated heterocycles. The van der Waals surface area contributed by atoms with E-state index in [-0.39, 0.29) is 10.9 Å². The predicted molar refractivity (Wildman–Crippen MR) is 73.1 cm³/mol. The lowest BCUT2D eigenvalue weighted by molar-refractivity contribution is -0.00478. The molecule has 1 unspecified atom stereocenters. The minimum Gasteiger partial charge on any atom is -0.394 e. The van der Waals surface area contributed by atoms with E-state index in [1.165, 1.54) is 0 Å². The molecule has 1 fully saturated rings. The summed E-state index contributed by atoms with van der Waals surface area (Å²) in [4.78, 5) is 10.4. The quantitative estimate of drug-likeness (QED) is 0.833. The van der Waals surface area contributed by atoms with Crippen LogP contribution >= 0.6 is 11.6 Å². The predicted octanol–water partition coefficient (Wildman–Crippen LogP) is 2.03. The Morgan fingerprint density at radius 3 is 2.83 bits per heavy atom. The van der Waals surface area contributed by atoms with Crippen LogP contribution in [0.3, 0.4) is 0 Å². The van der Waals surface area contributed by atoms with Gasteiger partial charge in [0.25, 0.3) is 0 Å². The summed E-state index contributed by atoms with van der Waals surface area (Å²) in [6.45, 7) is 5.62. The third-order valence-corrected chi connectivity index (χ3v) is 3.71. The van der Waals surface area contributed by atoms with Crippen molar-refractivity contribution in [2.24, 2.45) is 0 Å². The fourth-order valence-electron chi connectivity index (χ4n) is 2.33. The monoisotopic (exact) mass is 270 g/mol. The second-order valence-corrected chi connectivity index (χ2v) is 5.33. The average Bonchev–Trinajstić information content (AvgIpc) is 2.34. The van der Waals surface area contributed by atoms with Gasteiger partial charge in [-0.1, -0.05) is 0 Å². The maximum Gasteiger partial charge on any atom is 0.224 e. The van der Waals surface area contributed by atoms with Gasteiger partial charge in [0.05, 0.1) is 17.0 Å². The van der Waals surface area contributed by atoms with Crippen molar-refractivity contribution in [2.75, 3.05) is 30.8 Å². The van der Waals surface area contributed by atoms with Crippen molar-refractivity contribution >= 4 is 23.1 Å². The molecule has 1 aliphatic heterocycles. The number of aromatic nitrogens is 2. The van der Waals surface area contributed by atoms with Crippen molar-refractivity contribution in [3.8, 4) is 0 Å². The Bertz CT molecular complexity index is 454. The zero-order valence-corrected chi connectivity index (χ0v) is 11.8. The molecule has 0 bridgehead atoms. The lowest BCUT2D eigenvalue weighted by Gasteiger charge is -2.40. The number of halogens is 1. The summed E-state index contributed by atoms with van der Waals surface area (Å²) in [7, 11) is 1.74. The SMILES string of the molecule is COC1(C)CCCN(c2nc(Cl)nc(C)c2N)C1. The van der Waals surface area contributed by atoms with Crippen LogP contribution in [-0.2, 0) is 4.74 Å². The van der Waals surface area contributed by atoms with Crippen molar-refractivity contribution in [2.45, 2.75) is 32.3 Å². The van der Waals surface area contributed by atoms with Gasteiger partial charge in [-0.05, 0) is 38.3 Å². The van der Waals surface area contributed by atoms with Crippen LogP contribution in [0, 0.1) is 6.92 Å². The number of nitrogen functional groups attached to an aromatic ring is 1. The first-order valence-electron chi connectivity index (χ1n) is 6.05. The van der Waals surface area contributed by atoms with Crippen LogP contribution in [0.2, 0.25) is 5.28 Å². The number of anilines is 2. The van der Waals surface area contributed by atoms with Crippen LogP contribution in [0.25, 0.3) is 0 Å². The van der Waals surface area contributed by atoms with E-state index in [9.17, 15) is 0 Å². The highest BCUT2D eigenvalue weighted by molar-refractivity contribution is 6.28. The van der Waals surface area contributed by atoms with Crippen molar-refractivity contribution in [3.05, 3.63) is 11.0 Å². The highest BCUT2D eigenvalue weighted by Crippen LogP contribution is 2.31.